The minimum Gasteiger partial charge on any atom is -0.496 e. The van der Waals surface area contributed by atoms with Crippen LogP contribution in [0.15, 0.2) is 18.2 Å². The van der Waals surface area contributed by atoms with Crippen LogP contribution in [-0.2, 0) is 12.8 Å². The van der Waals surface area contributed by atoms with Gasteiger partial charge in [-0.25, -0.2) is 0 Å². The molecule has 2 rings (SSSR count). The molecule has 1 atom stereocenters. The molecule has 2 heteroatoms. The first-order valence-electron chi connectivity index (χ1n) is 7.18. The Morgan fingerprint density at radius 3 is 2.83 bits per heavy atom. The van der Waals surface area contributed by atoms with Crippen molar-refractivity contribution < 1.29 is 4.74 Å². The fraction of sp³-hybridized carbons (Fsp3) is 0.625. The van der Waals surface area contributed by atoms with Crippen LogP contribution < -0.4 is 4.74 Å². The third-order valence-corrected chi connectivity index (χ3v) is 4.07. The highest BCUT2D eigenvalue weighted by Crippen LogP contribution is 2.31. The second-order valence-corrected chi connectivity index (χ2v) is 5.12. The van der Waals surface area contributed by atoms with Crippen molar-refractivity contribution in [2.75, 3.05) is 20.2 Å². The van der Waals surface area contributed by atoms with Gasteiger partial charge in [0.15, 0.2) is 0 Å². The molecule has 1 aliphatic carbocycles. The molecular weight excluding hydrogens is 222 g/mol. The van der Waals surface area contributed by atoms with Crippen molar-refractivity contribution >= 4 is 0 Å². The largest absolute Gasteiger partial charge is 0.496 e. The highest BCUT2D eigenvalue weighted by Gasteiger charge is 2.24. The minimum atomic E-state index is 0.693. The van der Waals surface area contributed by atoms with E-state index in [0.717, 1.165) is 18.7 Å². The number of hydrogen-bond donors (Lipinski definition) is 0. The van der Waals surface area contributed by atoms with Crippen LogP contribution in [0, 0.1) is 0 Å². The Balaban J connectivity index is 2.17. The van der Waals surface area contributed by atoms with E-state index in [2.05, 4.69) is 36.9 Å². The smallest absolute Gasteiger partial charge is 0.122 e. The first kappa shape index (κ1) is 13.4. The summed E-state index contributed by atoms with van der Waals surface area (Å²) in [6.07, 6.45) is 4.86. The highest BCUT2D eigenvalue weighted by atomic mass is 16.5. The number of hydrogen-bond acceptors (Lipinski definition) is 2. The predicted molar refractivity (Wildman–Crippen MR) is 76.3 cm³/mol. The maximum Gasteiger partial charge on any atom is 0.122 e. The maximum absolute atomic E-state index is 5.52. The number of rotatable bonds is 5. The molecule has 0 amide bonds. The third-order valence-electron chi connectivity index (χ3n) is 4.07. The van der Waals surface area contributed by atoms with Gasteiger partial charge in [-0.3, -0.25) is 0 Å². The van der Waals surface area contributed by atoms with Crippen LogP contribution in [0.2, 0.25) is 0 Å². The number of aryl methyl sites for hydroxylation is 1. The van der Waals surface area contributed by atoms with Gasteiger partial charge in [0.1, 0.15) is 5.75 Å². The zero-order valence-electron chi connectivity index (χ0n) is 11.9. The summed E-state index contributed by atoms with van der Waals surface area (Å²) in [7, 11) is 1.78. The Labute approximate surface area is 111 Å². The van der Waals surface area contributed by atoms with E-state index in [4.69, 9.17) is 4.74 Å². The molecular formula is C16H25NO. The van der Waals surface area contributed by atoms with Crippen LogP contribution in [0.25, 0.3) is 0 Å². The molecule has 1 aliphatic rings. The van der Waals surface area contributed by atoms with Gasteiger partial charge in [0.2, 0.25) is 0 Å². The van der Waals surface area contributed by atoms with E-state index in [1.165, 1.54) is 36.9 Å². The number of ether oxygens (including phenoxy) is 1. The molecule has 18 heavy (non-hydrogen) atoms. The molecule has 0 N–H and O–H groups in total. The summed E-state index contributed by atoms with van der Waals surface area (Å²) in [5, 5.41) is 0. The van der Waals surface area contributed by atoms with Gasteiger partial charge < -0.3 is 9.64 Å². The average molecular weight is 247 g/mol. The molecule has 1 unspecified atom stereocenters. The summed E-state index contributed by atoms with van der Waals surface area (Å²) >= 11 is 0. The number of methoxy groups -OCH3 is 1. The molecule has 0 bridgehead atoms. The number of likely N-dealkylation sites (N-methyl/N-ethyl adjacent to an activating group) is 1. The summed E-state index contributed by atoms with van der Waals surface area (Å²) in [5.74, 6) is 1.07. The summed E-state index contributed by atoms with van der Waals surface area (Å²) in [4.78, 5) is 2.62. The normalized spacial score (nSPS) is 18.8. The lowest BCUT2D eigenvalue weighted by Crippen LogP contribution is -2.39. The summed E-state index contributed by atoms with van der Waals surface area (Å²) in [6, 6.07) is 7.15. The van der Waals surface area contributed by atoms with Gasteiger partial charge in [-0.05, 0) is 56.0 Å². The SMILES string of the molecule is CCCN(CC)C1CCc2cccc(OC)c2C1. The van der Waals surface area contributed by atoms with Gasteiger partial charge in [0.25, 0.3) is 0 Å². The molecule has 0 saturated carbocycles. The van der Waals surface area contributed by atoms with Crippen molar-refractivity contribution in [2.45, 2.75) is 45.6 Å². The topological polar surface area (TPSA) is 12.5 Å². The van der Waals surface area contributed by atoms with Crippen molar-refractivity contribution in [3.8, 4) is 5.75 Å². The van der Waals surface area contributed by atoms with Crippen LogP contribution in [0.5, 0.6) is 5.75 Å². The summed E-state index contributed by atoms with van der Waals surface area (Å²) in [5.41, 5.74) is 2.92. The van der Waals surface area contributed by atoms with E-state index >= 15 is 0 Å². The average Bonchev–Trinajstić information content (AvgIpc) is 2.43. The molecule has 0 radical (unpaired) electrons. The second kappa shape index (κ2) is 6.24. The second-order valence-electron chi connectivity index (χ2n) is 5.12. The highest BCUT2D eigenvalue weighted by molar-refractivity contribution is 5.42. The van der Waals surface area contributed by atoms with E-state index in [1.807, 2.05) is 0 Å². The number of benzene rings is 1. The lowest BCUT2D eigenvalue weighted by molar-refractivity contribution is 0.188. The molecule has 2 nitrogen and oxygen atoms in total. The predicted octanol–water partition coefficient (Wildman–Crippen LogP) is 3.28. The van der Waals surface area contributed by atoms with E-state index in [0.29, 0.717) is 6.04 Å². The molecule has 0 aliphatic heterocycles. The quantitative estimate of drug-likeness (QED) is 0.791. The van der Waals surface area contributed by atoms with Gasteiger partial charge in [-0.2, -0.15) is 0 Å². The van der Waals surface area contributed by atoms with Gasteiger partial charge in [0, 0.05) is 6.04 Å². The van der Waals surface area contributed by atoms with E-state index in [-0.39, 0.29) is 0 Å². The van der Waals surface area contributed by atoms with Gasteiger partial charge >= 0.3 is 0 Å². The van der Waals surface area contributed by atoms with Crippen LogP contribution in [0.4, 0.5) is 0 Å². The van der Waals surface area contributed by atoms with Gasteiger partial charge in [-0.15, -0.1) is 0 Å². The zero-order chi connectivity index (χ0) is 13.0. The Morgan fingerprint density at radius 1 is 1.33 bits per heavy atom. The van der Waals surface area contributed by atoms with Crippen molar-refractivity contribution in [2.24, 2.45) is 0 Å². The third kappa shape index (κ3) is 2.69. The molecule has 0 heterocycles. The van der Waals surface area contributed by atoms with Crippen LogP contribution in [-0.4, -0.2) is 31.1 Å². The summed E-state index contributed by atoms with van der Waals surface area (Å²) in [6.45, 7) is 6.90. The molecule has 1 aromatic rings. The van der Waals surface area contributed by atoms with Crippen molar-refractivity contribution in [1.82, 2.24) is 4.90 Å². The van der Waals surface area contributed by atoms with Gasteiger partial charge in [0.05, 0.1) is 7.11 Å². The van der Waals surface area contributed by atoms with Crippen molar-refractivity contribution in [3.05, 3.63) is 29.3 Å². The first-order valence-corrected chi connectivity index (χ1v) is 7.18. The molecule has 0 fully saturated rings. The molecule has 0 aromatic heterocycles. The summed E-state index contributed by atoms with van der Waals surface area (Å²) < 4.78 is 5.52. The Kier molecular flexibility index (Phi) is 4.65. The first-order chi connectivity index (χ1) is 8.80. The van der Waals surface area contributed by atoms with E-state index in [9.17, 15) is 0 Å². The Morgan fingerprint density at radius 2 is 2.17 bits per heavy atom. The fourth-order valence-electron chi connectivity index (χ4n) is 3.13. The zero-order valence-corrected chi connectivity index (χ0v) is 11.9. The van der Waals surface area contributed by atoms with Crippen LogP contribution in [0.1, 0.15) is 37.8 Å². The Bertz CT molecular complexity index is 374. The number of nitrogens with zero attached hydrogens (tertiary/aromatic N) is 1. The van der Waals surface area contributed by atoms with Gasteiger partial charge in [-0.1, -0.05) is 26.0 Å². The fourth-order valence-corrected chi connectivity index (χ4v) is 3.13. The Hall–Kier alpha value is -1.02. The monoisotopic (exact) mass is 247 g/mol. The number of fused-ring (bicyclic) bond motifs is 1. The van der Waals surface area contributed by atoms with E-state index in [1.54, 1.807) is 7.11 Å². The van der Waals surface area contributed by atoms with Crippen molar-refractivity contribution in [1.29, 1.82) is 0 Å². The van der Waals surface area contributed by atoms with Crippen LogP contribution >= 0.6 is 0 Å². The standard InChI is InChI=1S/C16H25NO/c1-4-11-17(5-2)14-10-9-13-7-6-8-16(18-3)15(13)12-14/h6-8,14H,4-5,9-12H2,1-3H3. The minimum absolute atomic E-state index is 0.693. The maximum atomic E-state index is 5.52. The molecule has 0 saturated heterocycles. The molecule has 0 spiro atoms. The molecule has 100 valence electrons. The van der Waals surface area contributed by atoms with Crippen LogP contribution in [0.3, 0.4) is 0 Å². The van der Waals surface area contributed by atoms with Crippen molar-refractivity contribution in [3.63, 3.8) is 0 Å². The lowest BCUT2D eigenvalue weighted by atomic mass is 9.86. The lowest BCUT2D eigenvalue weighted by Gasteiger charge is -2.34. The van der Waals surface area contributed by atoms with E-state index < -0.39 is 0 Å². The molecule has 1 aromatic carbocycles.